The van der Waals surface area contributed by atoms with Gasteiger partial charge < -0.3 is 14.5 Å². The molecule has 1 N–H and O–H groups in total. The van der Waals surface area contributed by atoms with E-state index < -0.39 is 0 Å². The normalized spacial score (nSPS) is 12.4. The average Bonchev–Trinajstić information content (AvgIpc) is 2.97. The zero-order valence-electron chi connectivity index (χ0n) is 15.0. The van der Waals surface area contributed by atoms with E-state index in [9.17, 15) is 4.79 Å². The maximum Gasteiger partial charge on any atom is 0.287 e. The van der Waals surface area contributed by atoms with Crippen LogP contribution in [0.2, 0.25) is 0 Å². The number of fused-ring (bicyclic) bond motifs is 1. The highest BCUT2D eigenvalue weighted by molar-refractivity contribution is 5.99. The van der Waals surface area contributed by atoms with E-state index in [-0.39, 0.29) is 17.9 Å². The number of carbonyl (C=O) groups excluding carboxylic acids is 1. The predicted octanol–water partition coefficient (Wildman–Crippen LogP) is 4.88. The highest BCUT2D eigenvalue weighted by atomic mass is 16.5. The zero-order valence-corrected chi connectivity index (χ0v) is 15.0. The number of benzene rings is 2. The first-order chi connectivity index (χ1) is 12.0. The molecule has 0 fully saturated rings. The van der Waals surface area contributed by atoms with Gasteiger partial charge in [-0.25, -0.2) is 0 Å². The van der Waals surface area contributed by atoms with Crippen LogP contribution >= 0.6 is 0 Å². The van der Waals surface area contributed by atoms with Gasteiger partial charge in [-0.2, -0.15) is 0 Å². The van der Waals surface area contributed by atoms with Gasteiger partial charge in [0.05, 0.1) is 13.2 Å². The topological polar surface area (TPSA) is 51.5 Å². The average molecular weight is 337 g/mol. The van der Waals surface area contributed by atoms with Crippen LogP contribution < -0.4 is 10.1 Å². The second-order valence-electron chi connectivity index (χ2n) is 6.52. The van der Waals surface area contributed by atoms with Gasteiger partial charge in [-0.1, -0.05) is 44.2 Å². The van der Waals surface area contributed by atoms with Crippen molar-refractivity contribution in [3.8, 4) is 5.75 Å². The monoisotopic (exact) mass is 337 g/mol. The molecule has 0 bridgehead atoms. The van der Waals surface area contributed by atoms with Crippen LogP contribution in [0.25, 0.3) is 11.0 Å². The van der Waals surface area contributed by atoms with E-state index in [1.807, 2.05) is 55.5 Å². The molecule has 1 atom stereocenters. The fraction of sp³-hybridized carbons (Fsp3) is 0.286. The molecule has 25 heavy (non-hydrogen) atoms. The molecule has 0 radical (unpaired) electrons. The number of hydrogen-bond donors (Lipinski definition) is 1. The predicted molar refractivity (Wildman–Crippen MR) is 99.0 cm³/mol. The highest BCUT2D eigenvalue weighted by Crippen LogP contribution is 2.28. The van der Waals surface area contributed by atoms with Crippen molar-refractivity contribution in [2.24, 2.45) is 5.92 Å². The molecule has 3 rings (SSSR count). The standard InChI is InChI=1S/C21H23NO3/c1-13(2)19(15-9-11-16(24-4)12-10-15)22-21(23)20-14(3)17-7-5-6-8-18(17)25-20/h5-13,19H,1-4H3,(H,22,23)/t19-/m0/s1. The van der Waals surface area contributed by atoms with Gasteiger partial charge in [-0.3, -0.25) is 4.79 Å². The third kappa shape index (κ3) is 3.38. The lowest BCUT2D eigenvalue weighted by atomic mass is 9.95. The summed E-state index contributed by atoms with van der Waals surface area (Å²) in [5.74, 6) is 1.22. The van der Waals surface area contributed by atoms with Crippen molar-refractivity contribution in [2.45, 2.75) is 26.8 Å². The van der Waals surface area contributed by atoms with Crippen molar-refractivity contribution in [1.29, 1.82) is 0 Å². The minimum atomic E-state index is -0.191. The van der Waals surface area contributed by atoms with E-state index in [0.29, 0.717) is 5.76 Å². The second kappa shape index (κ2) is 7.01. The number of furan rings is 1. The lowest BCUT2D eigenvalue weighted by Crippen LogP contribution is -2.31. The van der Waals surface area contributed by atoms with Crippen molar-refractivity contribution in [1.82, 2.24) is 5.32 Å². The lowest BCUT2D eigenvalue weighted by molar-refractivity contribution is 0.0898. The summed E-state index contributed by atoms with van der Waals surface area (Å²) in [6, 6.07) is 15.4. The van der Waals surface area contributed by atoms with Crippen LogP contribution in [0.3, 0.4) is 0 Å². The molecule has 1 amide bonds. The van der Waals surface area contributed by atoms with E-state index in [1.165, 1.54) is 0 Å². The van der Waals surface area contributed by atoms with E-state index in [2.05, 4.69) is 19.2 Å². The molecule has 4 heteroatoms. The van der Waals surface area contributed by atoms with E-state index in [4.69, 9.17) is 9.15 Å². The Kier molecular flexibility index (Phi) is 4.79. The molecule has 0 aliphatic heterocycles. The van der Waals surface area contributed by atoms with E-state index in [1.54, 1.807) is 7.11 Å². The maximum absolute atomic E-state index is 12.8. The molecule has 3 aromatic rings. The first kappa shape index (κ1) is 17.1. The van der Waals surface area contributed by atoms with Gasteiger partial charge in [0.15, 0.2) is 5.76 Å². The highest BCUT2D eigenvalue weighted by Gasteiger charge is 2.23. The quantitative estimate of drug-likeness (QED) is 0.722. The minimum Gasteiger partial charge on any atom is -0.497 e. The summed E-state index contributed by atoms with van der Waals surface area (Å²) in [7, 11) is 1.64. The number of para-hydroxylation sites is 1. The van der Waals surface area contributed by atoms with E-state index >= 15 is 0 Å². The lowest BCUT2D eigenvalue weighted by Gasteiger charge is -2.22. The van der Waals surface area contributed by atoms with Crippen molar-refractivity contribution in [3.63, 3.8) is 0 Å². The summed E-state index contributed by atoms with van der Waals surface area (Å²) >= 11 is 0. The molecular formula is C21H23NO3. The molecule has 0 unspecified atom stereocenters. The number of methoxy groups -OCH3 is 1. The Bertz CT molecular complexity index is 878. The molecule has 1 aromatic heterocycles. The van der Waals surface area contributed by atoms with Gasteiger partial charge >= 0.3 is 0 Å². The van der Waals surface area contributed by atoms with Gasteiger partial charge in [0.1, 0.15) is 11.3 Å². The summed E-state index contributed by atoms with van der Waals surface area (Å²) in [4.78, 5) is 12.8. The smallest absolute Gasteiger partial charge is 0.287 e. The molecule has 0 aliphatic carbocycles. The summed E-state index contributed by atoms with van der Waals surface area (Å²) in [5.41, 5.74) is 2.64. The molecule has 0 aliphatic rings. The third-order valence-corrected chi connectivity index (χ3v) is 4.48. The summed E-state index contributed by atoms with van der Waals surface area (Å²) in [5, 5.41) is 4.09. The molecule has 0 saturated heterocycles. The van der Waals surface area contributed by atoms with Crippen LogP contribution in [0.1, 0.15) is 41.6 Å². The number of amides is 1. The number of hydrogen-bond acceptors (Lipinski definition) is 3. The molecule has 1 heterocycles. The SMILES string of the molecule is COc1ccc([C@@H](NC(=O)c2oc3ccccc3c2C)C(C)C)cc1. The Morgan fingerprint density at radius 2 is 1.76 bits per heavy atom. The van der Waals surface area contributed by atoms with Crippen molar-refractivity contribution in [2.75, 3.05) is 7.11 Å². The molecule has 4 nitrogen and oxygen atoms in total. The number of nitrogens with one attached hydrogen (secondary N) is 1. The molecule has 0 spiro atoms. The maximum atomic E-state index is 12.8. The third-order valence-electron chi connectivity index (χ3n) is 4.48. The number of ether oxygens (including phenoxy) is 1. The largest absolute Gasteiger partial charge is 0.497 e. The minimum absolute atomic E-state index is 0.106. The van der Waals surface area contributed by atoms with Crippen LogP contribution in [0.5, 0.6) is 5.75 Å². The molecular weight excluding hydrogens is 314 g/mol. The van der Waals surface area contributed by atoms with Gasteiger partial charge in [0, 0.05) is 10.9 Å². The molecule has 0 saturated carbocycles. The van der Waals surface area contributed by atoms with Crippen LogP contribution in [0, 0.1) is 12.8 Å². The fourth-order valence-corrected chi connectivity index (χ4v) is 3.04. The Morgan fingerprint density at radius 3 is 2.36 bits per heavy atom. The fourth-order valence-electron chi connectivity index (χ4n) is 3.04. The molecule has 2 aromatic carbocycles. The van der Waals surface area contributed by atoms with Gasteiger partial charge in [-0.05, 0) is 36.6 Å². The Morgan fingerprint density at radius 1 is 1.08 bits per heavy atom. The Labute approximate surface area is 147 Å². The van der Waals surface area contributed by atoms with Crippen molar-refractivity contribution >= 4 is 16.9 Å². The second-order valence-corrected chi connectivity index (χ2v) is 6.52. The summed E-state index contributed by atoms with van der Waals surface area (Å²) in [6.07, 6.45) is 0. The Balaban J connectivity index is 1.88. The van der Waals surface area contributed by atoms with Crippen molar-refractivity contribution in [3.05, 3.63) is 65.4 Å². The number of rotatable bonds is 5. The van der Waals surface area contributed by atoms with Gasteiger partial charge in [-0.15, -0.1) is 0 Å². The van der Waals surface area contributed by atoms with E-state index in [0.717, 1.165) is 27.8 Å². The van der Waals surface area contributed by atoms with Crippen LogP contribution in [-0.2, 0) is 0 Å². The van der Waals surface area contributed by atoms with Crippen LogP contribution in [0.15, 0.2) is 52.9 Å². The van der Waals surface area contributed by atoms with Crippen LogP contribution in [-0.4, -0.2) is 13.0 Å². The first-order valence-electron chi connectivity index (χ1n) is 8.44. The zero-order chi connectivity index (χ0) is 18.0. The molecule has 130 valence electrons. The van der Waals surface area contributed by atoms with Gasteiger partial charge in [0.25, 0.3) is 5.91 Å². The first-order valence-corrected chi connectivity index (χ1v) is 8.44. The summed E-state index contributed by atoms with van der Waals surface area (Å²) < 4.78 is 11.0. The Hall–Kier alpha value is -2.75. The van der Waals surface area contributed by atoms with Crippen molar-refractivity contribution < 1.29 is 13.9 Å². The van der Waals surface area contributed by atoms with Gasteiger partial charge in [0.2, 0.25) is 0 Å². The summed E-state index contributed by atoms with van der Waals surface area (Å²) in [6.45, 7) is 6.08. The number of aryl methyl sites for hydroxylation is 1. The van der Waals surface area contributed by atoms with Crippen LogP contribution in [0.4, 0.5) is 0 Å². The number of carbonyl (C=O) groups is 1.